The Labute approximate surface area is 196 Å². The zero-order valence-corrected chi connectivity index (χ0v) is 19.5. The van der Waals surface area contributed by atoms with Gasteiger partial charge in [0.1, 0.15) is 23.1 Å². The van der Waals surface area contributed by atoms with Crippen LogP contribution in [-0.4, -0.2) is 19.6 Å². The van der Waals surface area contributed by atoms with Crippen molar-refractivity contribution in [3.8, 4) is 17.6 Å². The first kappa shape index (κ1) is 23.1. The Balaban J connectivity index is 1.78. The molecular formula is C26H23BrN2O3. The van der Waals surface area contributed by atoms with Gasteiger partial charge in [0.2, 0.25) is 0 Å². The quantitative estimate of drug-likeness (QED) is 0.310. The van der Waals surface area contributed by atoms with Crippen molar-refractivity contribution in [3.05, 3.63) is 93.5 Å². The lowest BCUT2D eigenvalue weighted by Gasteiger charge is -2.11. The summed E-state index contributed by atoms with van der Waals surface area (Å²) in [6, 6.07) is 22.6. The average Bonchev–Trinajstić information content (AvgIpc) is 2.81. The highest BCUT2D eigenvalue weighted by Gasteiger charge is 2.12. The van der Waals surface area contributed by atoms with Gasteiger partial charge in [0.15, 0.2) is 0 Å². The van der Waals surface area contributed by atoms with Crippen molar-refractivity contribution in [1.29, 1.82) is 5.26 Å². The van der Waals surface area contributed by atoms with Crippen LogP contribution in [0.25, 0.3) is 6.08 Å². The lowest BCUT2D eigenvalue weighted by atomic mass is 10.0. The molecule has 0 aliphatic heterocycles. The molecule has 0 aliphatic carbocycles. The number of hydrogen-bond donors (Lipinski definition) is 1. The fraction of sp³-hybridized carbons (Fsp3) is 0.154. The maximum Gasteiger partial charge on any atom is 0.266 e. The van der Waals surface area contributed by atoms with Crippen molar-refractivity contribution in [3.63, 3.8) is 0 Å². The van der Waals surface area contributed by atoms with Crippen LogP contribution in [0.3, 0.4) is 0 Å². The first-order chi connectivity index (χ1) is 15.5. The molecule has 0 fully saturated rings. The molecule has 0 radical (unpaired) electrons. The van der Waals surface area contributed by atoms with E-state index >= 15 is 0 Å². The Morgan fingerprint density at radius 2 is 1.84 bits per heavy atom. The van der Waals surface area contributed by atoms with Gasteiger partial charge in [0.25, 0.3) is 5.91 Å². The molecule has 162 valence electrons. The largest absolute Gasteiger partial charge is 0.496 e. The summed E-state index contributed by atoms with van der Waals surface area (Å²) >= 11 is 3.57. The lowest BCUT2D eigenvalue weighted by molar-refractivity contribution is -0.112. The van der Waals surface area contributed by atoms with Gasteiger partial charge in [-0.2, -0.15) is 5.26 Å². The molecule has 32 heavy (non-hydrogen) atoms. The average molecular weight is 491 g/mol. The van der Waals surface area contributed by atoms with E-state index in [1.54, 1.807) is 37.5 Å². The van der Waals surface area contributed by atoms with Gasteiger partial charge in [-0.1, -0.05) is 46.3 Å². The molecule has 0 bridgehead atoms. The number of benzene rings is 3. The molecular weight excluding hydrogens is 468 g/mol. The number of anilines is 1. The van der Waals surface area contributed by atoms with Gasteiger partial charge in [-0.15, -0.1) is 0 Å². The fourth-order valence-corrected chi connectivity index (χ4v) is 3.58. The molecule has 1 N–H and O–H groups in total. The first-order valence-corrected chi connectivity index (χ1v) is 10.9. The second kappa shape index (κ2) is 11.2. The van der Waals surface area contributed by atoms with E-state index in [1.807, 2.05) is 49.4 Å². The topological polar surface area (TPSA) is 71.3 Å². The van der Waals surface area contributed by atoms with Gasteiger partial charge in [-0.3, -0.25) is 4.79 Å². The number of halogens is 1. The molecule has 3 aromatic rings. The van der Waals surface area contributed by atoms with Gasteiger partial charge < -0.3 is 14.8 Å². The molecule has 0 heterocycles. The number of carbonyl (C=O) groups is 1. The number of nitrogens with zero attached hydrogens (tertiary/aromatic N) is 1. The molecule has 0 aliphatic rings. The lowest BCUT2D eigenvalue weighted by Crippen LogP contribution is -2.13. The Morgan fingerprint density at radius 3 is 2.50 bits per heavy atom. The number of rotatable bonds is 8. The third kappa shape index (κ3) is 5.99. The highest BCUT2D eigenvalue weighted by atomic mass is 79.9. The van der Waals surface area contributed by atoms with Gasteiger partial charge in [-0.25, -0.2) is 0 Å². The molecule has 3 rings (SSSR count). The van der Waals surface area contributed by atoms with E-state index in [4.69, 9.17) is 9.47 Å². The second-order valence-electron chi connectivity index (χ2n) is 6.92. The maximum absolute atomic E-state index is 12.6. The predicted molar refractivity (Wildman–Crippen MR) is 130 cm³/mol. The molecule has 0 saturated carbocycles. The summed E-state index contributed by atoms with van der Waals surface area (Å²) in [5, 5.41) is 12.3. The number of hydrogen-bond acceptors (Lipinski definition) is 4. The summed E-state index contributed by atoms with van der Waals surface area (Å²) in [4.78, 5) is 12.6. The minimum atomic E-state index is -0.479. The van der Waals surface area contributed by atoms with E-state index in [2.05, 4.69) is 27.3 Å². The van der Waals surface area contributed by atoms with E-state index in [0.29, 0.717) is 30.0 Å². The second-order valence-corrected chi connectivity index (χ2v) is 7.78. The molecule has 0 saturated heterocycles. The standard InChI is InChI=1S/C26H23BrN2O3/c1-3-32-23-12-10-22(11-13-23)29-26(30)21(17-28)14-18-8-9-20(25(15-18)31-2)16-19-6-4-5-7-24(19)27/h4-15H,3,16H2,1-2H3,(H,29,30)/b21-14+. The van der Waals surface area contributed by atoms with E-state index < -0.39 is 5.91 Å². The Kier molecular flexibility index (Phi) is 8.07. The van der Waals surface area contributed by atoms with E-state index in [-0.39, 0.29) is 5.57 Å². The van der Waals surface area contributed by atoms with Gasteiger partial charge in [0.05, 0.1) is 13.7 Å². The summed E-state index contributed by atoms with van der Waals surface area (Å²) in [6.07, 6.45) is 2.24. The highest BCUT2D eigenvalue weighted by Crippen LogP contribution is 2.27. The van der Waals surface area contributed by atoms with Crippen LogP contribution in [0.15, 0.2) is 76.8 Å². The molecule has 5 nitrogen and oxygen atoms in total. The number of ether oxygens (including phenoxy) is 2. The predicted octanol–water partition coefficient (Wildman–Crippen LogP) is 5.99. The van der Waals surface area contributed by atoms with Crippen LogP contribution in [0.5, 0.6) is 11.5 Å². The SMILES string of the molecule is CCOc1ccc(NC(=O)/C(C#N)=C/c2ccc(Cc3ccccc3Br)c(OC)c2)cc1. The smallest absolute Gasteiger partial charge is 0.266 e. The molecule has 3 aromatic carbocycles. The van der Waals surface area contributed by atoms with Crippen molar-refractivity contribution in [2.75, 3.05) is 19.0 Å². The van der Waals surface area contributed by atoms with Crippen LogP contribution < -0.4 is 14.8 Å². The van der Waals surface area contributed by atoms with Crippen molar-refractivity contribution in [2.24, 2.45) is 0 Å². The van der Waals surface area contributed by atoms with Crippen LogP contribution >= 0.6 is 15.9 Å². The minimum absolute atomic E-state index is 0.000471. The zero-order valence-electron chi connectivity index (χ0n) is 17.9. The van der Waals surface area contributed by atoms with E-state index in [1.165, 1.54) is 0 Å². The normalized spacial score (nSPS) is 10.9. The first-order valence-electron chi connectivity index (χ1n) is 10.1. The van der Waals surface area contributed by atoms with Gasteiger partial charge in [0, 0.05) is 16.6 Å². The van der Waals surface area contributed by atoms with Crippen LogP contribution in [0, 0.1) is 11.3 Å². The van der Waals surface area contributed by atoms with E-state index in [0.717, 1.165) is 21.3 Å². The molecule has 6 heteroatoms. The van der Waals surface area contributed by atoms with E-state index in [9.17, 15) is 10.1 Å². The van der Waals surface area contributed by atoms with Crippen molar-refractivity contribution in [1.82, 2.24) is 0 Å². The number of nitrogens with one attached hydrogen (secondary N) is 1. The molecule has 1 amide bonds. The summed E-state index contributed by atoms with van der Waals surface area (Å²) in [5.74, 6) is 0.933. The number of carbonyl (C=O) groups excluding carboxylic acids is 1. The van der Waals surface area contributed by atoms with Gasteiger partial charge in [-0.05, 0) is 66.1 Å². The zero-order chi connectivity index (χ0) is 22.9. The Bertz CT molecular complexity index is 1160. The monoisotopic (exact) mass is 490 g/mol. The summed E-state index contributed by atoms with van der Waals surface area (Å²) in [7, 11) is 1.61. The number of methoxy groups -OCH3 is 1. The third-order valence-corrected chi connectivity index (χ3v) is 5.52. The fourth-order valence-electron chi connectivity index (χ4n) is 3.16. The maximum atomic E-state index is 12.6. The summed E-state index contributed by atoms with van der Waals surface area (Å²) < 4.78 is 12.0. The summed E-state index contributed by atoms with van der Waals surface area (Å²) in [5.41, 5.74) is 3.44. The third-order valence-electron chi connectivity index (χ3n) is 4.75. The number of nitriles is 1. The van der Waals surface area contributed by atoms with Crippen LogP contribution in [0.1, 0.15) is 23.6 Å². The Morgan fingerprint density at radius 1 is 1.09 bits per heavy atom. The van der Waals surface area contributed by atoms with Crippen LogP contribution in [0.4, 0.5) is 5.69 Å². The van der Waals surface area contributed by atoms with Crippen molar-refractivity contribution in [2.45, 2.75) is 13.3 Å². The molecule has 0 unspecified atom stereocenters. The molecule has 0 spiro atoms. The van der Waals surface area contributed by atoms with Crippen molar-refractivity contribution >= 4 is 33.6 Å². The highest BCUT2D eigenvalue weighted by molar-refractivity contribution is 9.10. The minimum Gasteiger partial charge on any atom is -0.496 e. The molecule has 0 atom stereocenters. The van der Waals surface area contributed by atoms with Gasteiger partial charge >= 0.3 is 0 Å². The van der Waals surface area contributed by atoms with Crippen LogP contribution in [0.2, 0.25) is 0 Å². The van der Waals surface area contributed by atoms with Crippen molar-refractivity contribution < 1.29 is 14.3 Å². The molecule has 0 aromatic heterocycles. The summed E-state index contributed by atoms with van der Waals surface area (Å²) in [6.45, 7) is 2.47. The van der Waals surface area contributed by atoms with Crippen LogP contribution in [-0.2, 0) is 11.2 Å². The Hall–Kier alpha value is -3.56. The number of amides is 1.